The molecular weight excluding hydrogens is 248 g/mol. The highest BCUT2D eigenvalue weighted by atomic mass is 16.5. The summed E-state index contributed by atoms with van der Waals surface area (Å²) in [5, 5.41) is 0. The third-order valence-corrected chi connectivity index (χ3v) is 3.11. The standard InChI is InChI=1S/C18H28O2/c1-4-6-8-10-12-14-18(20-3,16-17-19)15-13-11-9-7-5-2/h17H,4-11,16H2,1-3H3. The van der Waals surface area contributed by atoms with Gasteiger partial charge in [-0.25, -0.2) is 0 Å². The lowest BCUT2D eigenvalue weighted by atomic mass is 10.0. The first kappa shape index (κ1) is 18.8. The van der Waals surface area contributed by atoms with E-state index in [0.717, 1.165) is 32.0 Å². The molecule has 0 amide bonds. The maximum absolute atomic E-state index is 10.8. The van der Waals surface area contributed by atoms with Gasteiger partial charge in [-0.1, -0.05) is 63.2 Å². The normalized spacial score (nSPS) is 10.2. The lowest BCUT2D eigenvalue weighted by Gasteiger charge is -2.17. The third kappa shape index (κ3) is 8.78. The van der Waals surface area contributed by atoms with Crippen molar-refractivity contribution in [1.29, 1.82) is 0 Å². The number of methoxy groups -OCH3 is 1. The van der Waals surface area contributed by atoms with E-state index in [0.29, 0.717) is 0 Å². The largest absolute Gasteiger partial charge is 0.354 e. The highest BCUT2D eigenvalue weighted by molar-refractivity contribution is 5.56. The van der Waals surface area contributed by atoms with Crippen LogP contribution in [0.1, 0.15) is 71.6 Å². The van der Waals surface area contributed by atoms with Gasteiger partial charge in [0, 0.05) is 20.0 Å². The van der Waals surface area contributed by atoms with E-state index < -0.39 is 5.60 Å². The van der Waals surface area contributed by atoms with Crippen LogP contribution in [0.25, 0.3) is 0 Å². The first-order valence-corrected chi connectivity index (χ1v) is 7.73. The average Bonchev–Trinajstić information content (AvgIpc) is 2.46. The van der Waals surface area contributed by atoms with Crippen LogP contribution in [0.3, 0.4) is 0 Å². The molecule has 112 valence electrons. The van der Waals surface area contributed by atoms with Crippen LogP contribution in [-0.2, 0) is 9.53 Å². The molecule has 0 heterocycles. The summed E-state index contributed by atoms with van der Waals surface area (Å²) in [5.41, 5.74) is -0.903. The van der Waals surface area contributed by atoms with Gasteiger partial charge in [-0.05, 0) is 12.8 Å². The number of carbonyl (C=O) groups excluding carboxylic acids is 1. The topological polar surface area (TPSA) is 26.3 Å². The van der Waals surface area contributed by atoms with E-state index in [2.05, 4.69) is 37.5 Å². The zero-order valence-electron chi connectivity index (χ0n) is 13.3. The Morgan fingerprint density at radius 1 is 0.950 bits per heavy atom. The maximum Gasteiger partial charge on any atom is 0.196 e. The molecule has 0 aromatic heterocycles. The van der Waals surface area contributed by atoms with Crippen LogP contribution in [0.2, 0.25) is 0 Å². The predicted molar refractivity (Wildman–Crippen MR) is 84.3 cm³/mol. The Hall–Kier alpha value is -1.25. The summed E-state index contributed by atoms with van der Waals surface area (Å²) in [7, 11) is 1.57. The van der Waals surface area contributed by atoms with Crippen LogP contribution in [0.5, 0.6) is 0 Å². The number of hydrogen-bond acceptors (Lipinski definition) is 2. The lowest BCUT2D eigenvalue weighted by molar-refractivity contribution is -0.110. The summed E-state index contributed by atoms with van der Waals surface area (Å²) >= 11 is 0. The van der Waals surface area contributed by atoms with Gasteiger partial charge in [0.15, 0.2) is 5.60 Å². The highest BCUT2D eigenvalue weighted by Gasteiger charge is 2.23. The SMILES string of the molecule is CCCCCC#CC(C#CCCCCC)(CC=O)OC. The molecule has 0 aliphatic rings. The molecule has 2 nitrogen and oxygen atoms in total. The number of aldehydes is 1. The number of unbranched alkanes of at least 4 members (excludes halogenated alkanes) is 6. The Morgan fingerprint density at radius 3 is 1.80 bits per heavy atom. The Balaban J connectivity index is 4.59. The van der Waals surface area contributed by atoms with E-state index >= 15 is 0 Å². The van der Waals surface area contributed by atoms with Crippen LogP contribution >= 0.6 is 0 Å². The van der Waals surface area contributed by atoms with Gasteiger partial charge in [0.05, 0.1) is 6.42 Å². The zero-order valence-corrected chi connectivity index (χ0v) is 13.3. The molecule has 0 atom stereocenters. The summed E-state index contributed by atoms with van der Waals surface area (Å²) in [6.45, 7) is 4.34. The van der Waals surface area contributed by atoms with Crippen molar-refractivity contribution in [3.8, 4) is 23.7 Å². The van der Waals surface area contributed by atoms with Gasteiger partial charge >= 0.3 is 0 Å². The van der Waals surface area contributed by atoms with Crippen molar-refractivity contribution in [2.75, 3.05) is 7.11 Å². The van der Waals surface area contributed by atoms with E-state index in [1.54, 1.807) is 7.11 Å². The second kappa shape index (κ2) is 12.8. The van der Waals surface area contributed by atoms with E-state index in [-0.39, 0.29) is 6.42 Å². The van der Waals surface area contributed by atoms with Crippen LogP contribution < -0.4 is 0 Å². The molecule has 0 N–H and O–H groups in total. The lowest BCUT2D eigenvalue weighted by Crippen LogP contribution is -2.28. The Kier molecular flexibility index (Phi) is 12.0. The maximum atomic E-state index is 10.8. The molecule has 0 rings (SSSR count). The molecule has 0 bridgehead atoms. The second-order valence-corrected chi connectivity index (χ2v) is 4.92. The average molecular weight is 276 g/mol. The van der Waals surface area contributed by atoms with Crippen molar-refractivity contribution >= 4 is 6.29 Å². The third-order valence-electron chi connectivity index (χ3n) is 3.11. The van der Waals surface area contributed by atoms with Crippen molar-refractivity contribution in [3.05, 3.63) is 0 Å². The van der Waals surface area contributed by atoms with Gasteiger partial charge in [-0.3, -0.25) is 0 Å². The fourth-order valence-electron chi connectivity index (χ4n) is 1.77. The number of hydrogen-bond donors (Lipinski definition) is 0. The van der Waals surface area contributed by atoms with Gasteiger partial charge in [0.2, 0.25) is 0 Å². The van der Waals surface area contributed by atoms with Crippen molar-refractivity contribution in [3.63, 3.8) is 0 Å². The van der Waals surface area contributed by atoms with E-state index in [1.165, 1.54) is 25.7 Å². The van der Waals surface area contributed by atoms with Crippen LogP contribution in [0.15, 0.2) is 0 Å². The minimum absolute atomic E-state index is 0.213. The molecule has 2 heteroatoms. The number of ether oxygens (including phenoxy) is 1. The molecule has 0 aromatic carbocycles. The molecule has 0 unspecified atom stereocenters. The molecule has 0 spiro atoms. The molecule has 0 saturated heterocycles. The van der Waals surface area contributed by atoms with E-state index in [1.807, 2.05) is 0 Å². The minimum atomic E-state index is -0.903. The van der Waals surface area contributed by atoms with Crippen LogP contribution in [0.4, 0.5) is 0 Å². The first-order chi connectivity index (χ1) is 9.74. The van der Waals surface area contributed by atoms with Gasteiger partial charge in [0.1, 0.15) is 6.29 Å². The second-order valence-electron chi connectivity index (χ2n) is 4.92. The Bertz CT molecular complexity index is 334. The monoisotopic (exact) mass is 276 g/mol. The molecule has 0 aromatic rings. The van der Waals surface area contributed by atoms with Crippen LogP contribution in [-0.4, -0.2) is 19.0 Å². The predicted octanol–water partition coefficient (Wildman–Crippen LogP) is 4.13. The molecular formula is C18H28O2. The zero-order chi connectivity index (χ0) is 15.1. The van der Waals surface area contributed by atoms with Crippen LogP contribution in [0, 0.1) is 23.7 Å². The smallest absolute Gasteiger partial charge is 0.196 e. The van der Waals surface area contributed by atoms with Gasteiger partial charge < -0.3 is 9.53 Å². The van der Waals surface area contributed by atoms with Crippen molar-refractivity contribution < 1.29 is 9.53 Å². The number of carbonyl (C=O) groups is 1. The van der Waals surface area contributed by atoms with Gasteiger partial charge in [-0.2, -0.15) is 0 Å². The summed E-state index contributed by atoms with van der Waals surface area (Å²) in [4.78, 5) is 10.8. The van der Waals surface area contributed by atoms with Crippen molar-refractivity contribution in [2.24, 2.45) is 0 Å². The highest BCUT2D eigenvalue weighted by Crippen LogP contribution is 2.12. The van der Waals surface area contributed by atoms with E-state index in [4.69, 9.17) is 4.74 Å². The molecule has 0 saturated carbocycles. The molecule has 0 aliphatic carbocycles. The quantitative estimate of drug-likeness (QED) is 0.359. The molecule has 0 radical (unpaired) electrons. The summed E-state index contributed by atoms with van der Waals surface area (Å²) in [5.74, 6) is 12.3. The number of rotatable bonds is 9. The van der Waals surface area contributed by atoms with Crippen molar-refractivity contribution in [2.45, 2.75) is 77.2 Å². The Labute approximate surface area is 124 Å². The molecule has 0 fully saturated rings. The molecule has 0 aliphatic heterocycles. The van der Waals surface area contributed by atoms with Gasteiger partial charge in [0.25, 0.3) is 0 Å². The first-order valence-electron chi connectivity index (χ1n) is 7.73. The fraction of sp³-hybridized carbons (Fsp3) is 0.722. The summed E-state index contributed by atoms with van der Waals surface area (Å²) in [6.07, 6.45) is 9.66. The van der Waals surface area contributed by atoms with E-state index in [9.17, 15) is 4.79 Å². The summed E-state index contributed by atoms with van der Waals surface area (Å²) in [6, 6.07) is 0. The molecule has 20 heavy (non-hydrogen) atoms. The fourth-order valence-corrected chi connectivity index (χ4v) is 1.77. The summed E-state index contributed by atoms with van der Waals surface area (Å²) < 4.78 is 5.41. The minimum Gasteiger partial charge on any atom is -0.354 e. The Morgan fingerprint density at radius 2 is 1.45 bits per heavy atom. The van der Waals surface area contributed by atoms with Crippen molar-refractivity contribution in [1.82, 2.24) is 0 Å². The van der Waals surface area contributed by atoms with Gasteiger partial charge in [-0.15, -0.1) is 0 Å².